The van der Waals surface area contributed by atoms with Gasteiger partial charge in [-0.25, -0.2) is 0 Å². The molecule has 2 atom stereocenters. The van der Waals surface area contributed by atoms with Crippen LogP contribution in [0.1, 0.15) is 43.0 Å². The molecule has 1 aromatic rings. The van der Waals surface area contributed by atoms with E-state index in [9.17, 15) is 9.59 Å². The van der Waals surface area contributed by atoms with E-state index < -0.39 is 0 Å². The van der Waals surface area contributed by atoms with Crippen LogP contribution in [0.15, 0.2) is 24.3 Å². The second kappa shape index (κ2) is 4.80. The third-order valence-corrected chi connectivity index (χ3v) is 4.50. The maximum atomic E-state index is 12.2. The maximum absolute atomic E-state index is 12.2. The predicted octanol–water partition coefficient (Wildman–Crippen LogP) is 3.26. The van der Waals surface area contributed by atoms with Gasteiger partial charge in [-0.15, -0.1) is 0 Å². The summed E-state index contributed by atoms with van der Waals surface area (Å²) in [6.07, 6.45) is 4.95. The van der Waals surface area contributed by atoms with Crippen LogP contribution in [0, 0.1) is 17.8 Å². The summed E-state index contributed by atoms with van der Waals surface area (Å²) in [5.41, 5.74) is 1.38. The molecule has 2 fully saturated rings. The Morgan fingerprint density at radius 1 is 1.16 bits per heavy atom. The summed E-state index contributed by atoms with van der Waals surface area (Å²) in [7, 11) is 0. The number of ketones is 1. The van der Waals surface area contributed by atoms with Gasteiger partial charge in [0, 0.05) is 17.2 Å². The first kappa shape index (κ1) is 12.4. The Kier molecular flexibility index (Phi) is 3.13. The lowest BCUT2D eigenvalue weighted by atomic mass is 10.0. The number of hydrogen-bond donors (Lipinski definition) is 1. The monoisotopic (exact) mass is 257 g/mol. The van der Waals surface area contributed by atoms with Crippen LogP contribution in [0.4, 0.5) is 5.69 Å². The van der Waals surface area contributed by atoms with Gasteiger partial charge in [-0.05, 0) is 43.7 Å². The van der Waals surface area contributed by atoms with Gasteiger partial charge in [0.25, 0.3) is 0 Å². The van der Waals surface area contributed by atoms with Gasteiger partial charge in [-0.3, -0.25) is 9.59 Å². The molecule has 0 aromatic heterocycles. The van der Waals surface area contributed by atoms with Crippen molar-refractivity contribution in [1.29, 1.82) is 0 Å². The molecule has 100 valence electrons. The Labute approximate surface area is 113 Å². The van der Waals surface area contributed by atoms with Gasteiger partial charge in [0.05, 0.1) is 0 Å². The highest BCUT2D eigenvalue weighted by Gasteiger charge is 2.54. The summed E-state index contributed by atoms with van der Waals surface area (Å²) in [5, 5.41) is 2.96. The van der Waals surface area contributed by atoms with E-state index in [4.69, 9.17) is 0 Å². The molecule has 2 aliphatic carbocycles. The SMILES string of the molecule is CC(=O)c1cccc(NC(=O)C2C3CCCCC32)c1. The fourth-order valence-corrected chi connectivity index (χ4v) is 3.42. The van der Waals surface area contributed by atoms with Crippen LogP contribution in [0.5, 0.6) is 0 Å². The zero-order valence-corrected chi connectivity index (χ0v) is 11.2. The number of anilines is 1. The number of nitrogens with one attached hydrogen (secondary N) is 1. The van der Waals surface area contributed by atoms with E-state index >= 15 is 0 Å². The molecule has 0 spiro atoms. The van der Waals surface area contributed by atoms with Crippen molar-refractivity contribution in [2.75, 3.05) is 5.32 Å². The van der Waals surface area contributed by atoms with Crippen molar-refractivity contribution in [1.82, 2.24) is 0 Å². The summed E-state index contributed by atoms with van der Waals surface area (Å²) in [4.78, 5) is 23.5. The lowest BCUT2D eigenvalue weighted by Gasteiger charge is -2.06. The maximum Gasteiger partial charge on any atom is 0.228 e. The number of fused-ring (bicyclic) bond motifs is 1. The smallest absolute Gasteiger partial charge is 0.228 e. The molecule has 2 unspecified atom stereocenters. The van der Waals surface area contributed by atoms with Crippen molar-refractivity contribution in [2.45, 2.75) is 32.6 Å². The van der Waals surface area contributed by atoms with Gasteiger partial charge in [0.1, 0.15) is 0 Å². The standard InChI is InChI=1S/C16H19NO2/c1-10(18)11-5-4-6-12(9-11)17-16(19)15-13-7-2-3-8-14(13)15/h4-6,9,13-15H,2-3,7-8H2,1H3,(H,17,19). The molecule has 3 heteroatoms. The van der Waals surface area contributed by atoms with Crippen molar-refractivity contribution in [3.8, 4) is 0 Å². The second-order valence-corrected chi connectivity index (χ2v) is 5.76. The molecule has 0 heterocycles. The summed E-state index contributed by atoms with van der Waals surface area (Å²) < 4.78 is 0. The van der Waals surface area contributed by atoms with E-state index in [1.165, 1.54) is 32.6 Å². The quantitative estimate of drug-likeness (QED) is 0.845. The average molecular weight is 257 g/mol. The minimum atomic E-state index is 0.0243. The average Bonchev–Trinajstić information content (AvgIpc) is 3.13. The molecule has 1 N–H and O–H groups in total. The van der Waals surface area contributed by atoms with E-state index in [0.717, 1.165) is 5.69 Å². The van der Waals surface area contributed by atoms with Crippen LogP contribution in [-0.2, 0) is 4.79 Å². The minimum Gasteiger partial charge on any atom is -0.326 e. The van der Waals surface area contributed by atoms with E-state index in [0.29, 0.717) is 17.4 Å². The second-order valence-electron chi connectivity index (χ2n) is 5.76. The first-order valence-corrected chi connectivity index (χ1v) is 7.08. The third-order valence-electron chi connectivity index (χ3n) is 4.50. The topological polar surface area (TPSA) is 46.2 Å². The van der Waals surface area contributed by atoms with Gasteiger partial charge in [-0.2, -0.15) is 0 Å². The highest BCUT2D eigenvalue weighted by atomic mass is 16.2. The number of Topliss-reactive ketones (excluding diaryl/α,β-unsaturated/α-hetero) is 1. The molecule has 19 heavy (non-hydrogen) atoms. The first-order chi connectivity index (χ1) is 9.16. The number of hydrogen-bond acceptors (Lipinski definition) is 2. The van der Waals surface area contributed by atoms with Crippen molar-refractivity contribution in [3.63, 3.8) is 0 Å². The van der Waals surface area contributed by atoms with Crippen LogP contribution in [0.3, 0.4) is 0 Å². The summed E-state index contributed by atoms with van der Waals surface area (Å²) in [5.74, 6) is 1.60. The Bertz CT molecular complexity index is 511. The molecule has 0 bridgehead atoms. The predicted molar refractivity (Wildman–Crippen MR) is 74.0 cm³/mol. The van der Waals surface area contributed by atoms with Crippen molar-refractivity contribution < 1.29 is 9.59 Å². The zero-order chi connectivity index (χ0) is 13.4. The van der Waals surface area contributed by atoms with Gasteiger partial charge < -0.3 is 5.32 Å². The van der Waals surface area contributed by atoms with Crippen LogP contribution in [0.2, 0.25) is 0 Å². The molecule has 1 aromatic carbocycles. The molecule has 2 aliphatic rings. The van der Waals surface area contributed by atoms with Gasteiger partial charge in [0.15, 0.2) is 5.78 Å². The molecule has 2 saturated carbocycles. The van der Waals surface area contributed by atoms with E-state index in [-0.39, 0.29) is 17.6 Å². The van der Waals surface area contributed by atoms with E-state index in [2.05, 4.69) is 5.32 Å². The number of rotatable bonds is 3. The van der Waals surface area contributed by atoms with Gasteiger partial charge >= 0.3 is 0 Å². The van der Waals surface area contributed by atoms with Crippen LogP contribution >= 0.6 is 0 Å². The first-order valence-electron chi connectivity index (χ1n) is 7.08. The highest BCUT2D eigenvalue weighted by Crippen LogP contribution is 2.55. The largest absolute Gasteiger partial charge is 0.326 e. The molecule has 1 amide bonds. The molecule has 0 aliphatic heterocycles. The fraction of sp³-hybridized carbons (Fsp3) is 0.500. The number of carbonyl (C=O) groups excluding carboxylic acids is 2. The summed E-state index contributed by atoms with van der Waals surface area (Å²) in [6, 6.07) is 7.18. The number of carbonyl (C=O) groups is 2. The molecular formula is C16H19NO2. The van der Waals surface area contributed by atoms with Gasteiger partial charge in [0.2, 0.25) is 5.91 Å². The third kappa shape index (κ3) is 2.42. The summed E-state index contributed by atoms with van der Waals surface area (Å²) >= 11 is 0. The van der Waals surface area contributed by atoms with Crippen molar-refractivity contribution in [2.24, 2.45) is 17.8 Å². The van der Waals surface area contributed by atoms with Crippen molar-refractivity contribution >= 4 is 17.4 Å². The summed E-state index contributed by atoms with van der Waals surface area (Å²) in [6.45, 7) is 1.54. The fourth-order valence-electron chi connectivity index (χ4n) is 3.42. The van der Waals surface area contributed by atoms with Crippen LogP contribution < -0.4 is 5.32 Å². The number of amides is 1. The van der Waals surface area contributed by atoms with Crippen LogP contribution in [-0.4, -0.2) is 11.7 Å². The Morgan fingerprint density at radius 3 is 2.47 bits per heavy atom. The van der Waals surface area contributed by atoms with Gasteiger partial charge in [-0.1, -0.05) is 25.0 Å². The molecule has 3 rings (SSSR count). The molecule has 3 nitrogen and oxygen atoms in total. The van der Waals surface area contributed by atoms with E-state index in [1.54, 1.807) is 12.1 Å². The minimum absolute atomic E-state index is 0.0243. The molecule has 0 saturated heterocycles. The molecular weight excluding hydrogens is 238 g/mol. The number of benzene rings is 1. The highest BCUT2D eigenvalue weighted by molar-refractivity contribution is 5.98. The molecule has 0 radical (unpaired) electrons. The lowest BCUT2D eigenvalue weighted by Crippen LogP contribution is -2.15. The van der Waals surface area contributed by atoms with Crippen molar-refractivity contribution in [3.05, 3.63) is 29.8 Å². The zero-order valence-electron chi connectivity index (χ0n) is 11.2. The van der Waals surface area contributed by atoms with Crippen LogP contribution in [0.25, 0.3) is 0 Å². The Morgan fingerprint density at radius 2 is 1.84 bits per heavy atom. The normalized spacial score (nSPS) is 28.4. The Balaban J connectivity index is 1.67. The lowest BCUT2D eigenvalue weighted by molar-refractivity contribution is -0.117. The van der Waals surface area contributed by atoms with E-state index in [1.807, 2.05) is 12.1 Å². The Hall–Kier alpha value is -1.64.